The Morgan fingerprint density at radius 1 is 1.07 bits per heavy atom. The third-order valence-electron chi connectivity index (χ3n) is 4.01. The molecule has 0 aliphatic carbocycles. The molecule has 0 radical (unpaired) electrons. The molecule has 0 atom stereocenters. The third kappa shape index (κ3) is 4.17. The molecule has 1 amide bonds. The Bertz CT molecular complexity index is 1070. The Labute approximate surface area is 165 Å². The van der Waals surface area contributed by atoms with E-state index in [2.05, 4.69) is 15.7 Å². The molecule has 0 aliphatic rings. The van der Waals surface area contributed by atoms with E-state index in [0.717, 1.165) is 9.36 Å². The van der Waals surface area contributed by atoms with Crippen LogP contribution in [0.15, 0.2) is 53.3 Å². The van der Waals surface area contributed by atoms with Gasteiger partial charge in [-0.15, -0.1) is 0 Å². The second-order valence-electron chi connectivity index (χ2n) is 6.43. The van der Waals surface area contributed by atoms with Crippen LogP contribution in [0.3, 0.4) is 0 Å². The number of nitrogens with one attached hydrogen (secondary N) is 1. The second kappa shape index (κ2) is 8.18. The van der Waals surface area contributed by atoms with Gasteiger partial charge in [-0.1, -0.05) is 37.6 Å². The number of benzene rings is 2. The van der Waals surface area contributed by atoms with Gasteiger partial charge >= 0.3 is 5.69 Å². The standard InChI is InChI=1S/C19H18ClN5O3/c1-12(2)18(27)21-14-9-7-13(8-10-14)17(26)11-24-19(28)25(23-22-24)16-6-4-3-5-15(16)20/h3-10,12H,11H2,1-2H3,(H,21,27). The van der Waals surface area contributed by atoms with E-state index < -0.39 is 5.69 Å². The average molecular weight is 400 g/mol. The first kappa shape index (κ1) is 19.5. The van der Waals surface area contributed by atoms with Crippen molar-refractivity contribution in [2.75, 3.05) is 5.32 Å². The quantitative estimate of drug-likeness (QED) is 0.642. The highest BCUT2D eigenvalue weighted by atomic mass is 35.5. The van der Waals surface area contributed by atoms with E-state index in [4.69, 9.17) is 11.6 Å². The van der Waals surface area contributed by atoms with Crippen molar-refractivity contribution in [1.82, 2.24) is 19.8 Å². The molecule has 0 fully saturated rings. The van der Waals surface area contributed by atoms with Crippen LogP contribution in [0.25, 0.3) is 5.69 Å². The highest BCUT2D eigenvalue weighted by Crippen LogP contribution is 2.17. The van der Waals surface area contributed by atoms with Crippen molar-refractivity contribution >= 4 is 29.0 Å². The molecule has 3 aromatic rings. The van der Waals surface area contributed by atoms with Crippen LogP contribution in [0.4, 0.5) is 5.69 Å². The number of nitrogens with zero attached hydrogens (tertiary/aromatic N) is 4. The van der Waals surface area contributed by atoms with Crippen LogP contribution in [0.1, 0.15) is 24.2 Å². The highest BCUT2D eigenvalue weighted by molar-refractivity contribution is 6.32. The summed E-state index contributed by atoms with van der Waals surface area (Å²) in [4.78, 5) is 36.7. The SMILES string of the molecule is CC(C)C(=O)Nc1ccc(C(=O)Cn2nnn(-c3ccccc3Cl)c2=O)cc1. The molecular weight excluding hydrogens is 382 g/mol. The maximum Gasteiger partial charge on any atom is 0.368 e. The van der Waals surface area contributed by atoms with Gasteiger partial charge in [-0.05, 0) is 46.8 Å². The van der Waals surface area contributed by atoms with Gasteiger partial charge < -0.3 is 5.32 Å². The van der Waals surface area contributed by atoms with Gasteiger partial charge in [0.1, 0.15) is 6.54 Å². The maximum atomic E-state index is 12.5. The van der Waals surface area contributed by atoms with Crippen LogP contribution in [0.5, 0.6) is 0 Å². The average Bonchev–Trinajstić information content (AvgIpc) is 3.03. The lowest BCUT2D eigenvalue weighted by atomic mass is 10.1. The fourth-order valence-corrected chi connectivity index (χ4v) is 2.62. The minimum Gasteiger partial charge on any atom is -0.326 e. The van der Waals surface area contributed by atoms with Crippen molar-refractivity contribution in [3.8, 4) is 5.69 Å². The number of rotatable bonds is 6. The number of anilines is 1. The zero-order valence-electron chi connectivity index (χ0n) is 15.3. The minimum absolute atomic E-state index is 0.109. The van der Waals surface area contributed by atoms with Crippen molar-refractivity contribution in [3.05, 3.63) is 69.6 Å². The predicted molar refractivity (Wildman–Crippen MR) is 105 cm³/mol. The topological polar surface area (TPSA) is 98.9 Å². The zero-order chi connectivity index (χ0) is 20.3. The van der Waals surface area contributed by atoms with Gasteiger partial charge in [-0.25, -0.2) is 4.79 Å². The fourth-order valence-electron chi connectivity index (χ4n) is 2.40. The molecule has 0 unspecified atom stereocenters. The Morgan fingerprint density at radius 3 is 2.39 bits per heavy atom. The number of aromatic nitrogens is 4. The lowest BCUT2D eigenvalue weighted by Gasteiger charge is -2.08. The van der Waals surface area contributed by atoms with Gasteiger partial charge in [0.15, 0.2) is 5.78 Å². The molecule has 0 saturated heterocycles. The van der Waals surface area contributed by atoms with E-state index in [1.54, 1.807) is 62.4 Å². The molecule has 3 rings (SSSR count). The van der Waals surface area contributed by atoms with Crippen LogP contribution in [-0.2, 0) is 11.3 Å². The van der Waals surface area contributed by atoms with E-state index in [9.17, 15) is 14.4 Å². The first-order valence-electron chi connectivity index (χ1n) is 8.58. The number of hydrogen-bond acceptors (Lipinski definition) is 5. The van der Waals surface area contributed by atoms with Crippen molar-refractivity contribution in [3.63, 3.8) is 0 Å². The van der Waals surface area contributed by atoms with Gasteiger partial charge in [0.2, 0.25) is 5.91 Å². The fraction of sp³-hybridized carbons (Fsp3) is 0.211. The zero-order valence-corrected chi connectivity index (χ0v) is 16.1. The first-order chi connectivity index (χ1) is 13.4. The summed E-state index contributed by atoms with van der Waals surface area (Å²) in [5.74, 6) is -0.564. The van der Waals surface area contributed by atoms with E-state index in [0.29, 0.717) is 22.0 Å². The number of halogens is 1. The molecule has 0 aliphatic heterocycles. The summed E-state index contributed by atoms with van der Waals surface area (Å²) in [5, 5.41) is 10.6. The summed E-state index contributed by atoms with van der Waals surface area (Å²) >= 11 is 6.08. The largest absolute Gasteiger partial charge is 0.368 e. The molecule has 1 heterocycles. The molecule has 0 saturated carbocycles. The van der Waals surface area contributed by atoms with Crippen LogP contribution in [0, 0.1) is 5.92 Å². The maximum absolute atomic E-state index is 12.5. The van der Waals surface area contributed by atoms with Crippen LogP contribution >= 0.6 is 11.6 Å². The van der Waals surface area contributed by atoms with Crippen molar-refractivity contribution < 1.29 is 9.59 Å². The number of para-hydroxylation sites is 1. The molecule has 9 heteroatoms. The molecule has 28 heavy (non-hydrogen) atoms. The van der Waals surface area contributed by atoms with Crippen LogP contribution in [-0.4, -0.2) is 31.5 Å². The van der Waals surface area contributed by atoms with E-state index in [1.165, 1.54) is 0 Å². The lowest BCUT2D eigenvalue weighted by Crippen LogP contribution is -2.27. The Kier molecular flexibility index (Phi) is 5.70. The summed E-state index contributed by atoms with van der Waals surface area (Å²) in [5.41, 5.74) is 0.805. The smallest absolute Gasteiger partial charge is 0.326 e. The number of Topliss-reactive ketones (excluding diaryl/α,β-unsaturated/α-hetero) is 1. The molecular formula is C19H18ClN5O3. The summed E-state index contributed by atoms with van der Waals surface area (Å²) in [7, 11) is 0. The van der Waals surface area contributed by atoms with Gasteiger partial charge in [-0.3, -0.25) is 9.59 Å². The number of ketones is 1. The minimum atomic E-state index is -0.567. The number of carbonyl (C=O) groups is 2. The van der Waals surface area contributed by atoms with Crippen molar-refractivity contribution in [2.24, 2.45) is 5.92 Å². The molecule has 1 N–H and O–H groups in total. The molecule has 1 aromatic heterocycles. The van der Waals surface area contributed by atoms with Crippen molar-refractivity contribution in [1.29, 1.82) is 0 Å². The second-order valence-corrected chi connectivity index (χ2v) is 6.83. The predicted octanol–water partition coefficient (Wildman–Crippen LogP) is 2.56. The number of tetrazole rings is 1. The van der Waals surface area contributed by atoms with Crippen LogP contribution < -0.4 is 11.0 Å². The van der Waals surface area contributed by atoms with Gasteiger partial charge in [0.25, 0.3) is 0 Å². The monoisotopic (exact) mass is 399 g/mol. The van der Waals surface area contributed by atoms with E-state index in [-0.39, 0.29) is 24.2 Å². The lowest BCUT2D eigenvalue weighted by molar-refractivity contribution is -0.118. The Balaban J connectivity index is 1.74. The number of hydrogen-bond donors (Lipinski definition) is 1. The Hall–Kier alpha value is -3.26. The summed E-state index contributed by atoms with van der Waals surface area (Å²) < 4.78 is 2.01. The molecule has 2 aromatic carbocycles. The molecule has 0 spiro atoms. The van der Waals surface area contributed by atoms with E-state index in [1.807, 2.05) is 0 Å². The highest BCUT2D eigenvalue weighted by Gasteiger charge is 2.15. The van der Waals surface area contributed by atoms with Gasteiger partial charge in [-0.2, -0.15) is 9.36 Å². The summed E-state index contributed by atoms with van der Waals surface area (Å²) in [6, 6.07) is 13.2. The molecule has 8 nitrogen and oxygen atoms in total. The third-order valence-corrected chi connectivity index (χ3v) is 4.33. The first-order valence-corrected chi connectivity index (χ1v) is 8.96. The summed E-state index contributed by atoms with van der Waals surface area (Å²) in [6.45, 7) is 3.32. The normalized spacial score (nSPS) is 10.9. The van der Waals surface area contributed by atoms with E-state index >= 15 is 0 Å². The molecule has 0 bridgehead atoms. The Morgan fingerprint density at radius 2 is 1.75 bits per heavy atom. The van der Waals surface area contributed by atoms with Gasteiger partial charge in [0, 0.05) is 17.2 Å². The molecule has 144 valence electrons. The summed E-state index contributed by atoms with van der Waals surface area (Å²) in [6.07, 6.45) is 0. The van der Waals surface area contributed by atoms with Crippen molar-refractivity contribution in [2.45, 2.75) is 20.4 Å². The number of amides is 1. The van der Waals surface area contributed by atoms with Gasteiger partial charge in [0.05, 0.1) is 10.7 Å². The van der Waals surface area contributed by atoms with Crippen LogP contribution in [0.2, 0.25) is 5.02 Å². The number of carbonyl (C=O) groups excluding carboxylic acids is 2.